The summed E-state index contributed by atoms with van der Waals surface area (Å²) in [7, 11) is 0. The van der Waals surface area contributed by atoms with Gasteiger partial charge in [0.1, 0.15) is 11.3 Å². The van der Waals surface area contributed by atoms with E-state index in [1.165, 1.54) is 4.88 Å². The minimum absolute atomic E-state index is 0.145. The molecule has 0 aliphatic heterocycles. The zero-order chi connectivity index (χ0) is 14.3. The van der Waals surface area contributed by atoms with Crippen molar-refractivity contribution in [3.8, 4) is 0 Å². The normalized spacial score (nSPS) is 13.0. The number of hydrogen-bond acceptors (Lipinski definition) is 3. The Morgan fingerprint density at radius 2 is 2.25 bits per heavy atom. The topological polar surface area (TPSA) is 30.7 Å². The highest BCUT2D eigenvalue weighted by Crippen LogP contribution is 2.27. The number of alkyl halides is 1. The molecule has 0 amide bonds. The third-order valence-electron chi connectivity index (χ3n) is 3.04. The standard InChI is InChI=1S/C14H13BrClN3S/c1-8-3-12-14(17-5-8)19(13(18-12)9(2)16)6-11-4-10(15)7-20-11/h3-5,7,9H,6H2,1-2H3. The molecule has 3 aromatic heterocycles. The lowest BCUT2D eigenvalue weighted by atomic mass is 10.3. The third-order valence-corrected chi connectivity index (χ3v) is 4.92. The summed E-state index contributed by atoms with van der Waals surface area (Å²) in [5.74, 6) is 0.865. The van der Waals surface area contributed by atoms with E-state index in [2.05, 4.69) is 41.9 Å². The fourth-order valence-electron chi connectivity index (χ4n) is 2.18. The van der Waals surface area contributed by atoms with Gasteiger partial charge >= 0.3 is 0 Å². The van der Waals surface area contributed by atoms with Crippen LogP contribution in [-0.2, 0) is 6.54 Å². The van der Waals surface area contributed by atoms with E-state index >= 15 is 0 Å². The highest BCUT2D eigenvalue weighted by Gasteiger charge is 2.16. The molecule has 0 radical (unpaired) electrons. The second-order valence-corrected chi connectivity index (χ2v) is 7.32. The molecule has 3 rings (SSSR count). The number of pyridine rings is 1. The van der Waals surface area contributed by atoms with Crippen LogP contribution in [0.1, 0.15) is 28.6 Å². The zero-order valence-electron chi connectivity index (χ0n) is 11.1. The van der Waals surface area contributed by atoms with E-state index in [1.54, 1.807) is 11.3 Å². The summed E-state index contributed by atoms with van der Waals surface area (Å²) in [4.78, 5) is 10.4. The van der Waals surface area contributed by atoms with Crippen molar-refractivity contribution in [2.75, 3.05) is 0 Å². The van der Waals surface area contributed by atoms with Crippen molar-refractivity contribution in [3.05, 3.63) is 44.4 Å². The predicted octanol–water partition coefficient (Wildman–Crippen LogP) is 4.91. The Morgan fingerprint density at radius 3 is 2.90 bits per heavy atom. The van der Waals surface area contributed by atoms with Gasteiger partial charge in [-0.3, -0.25) is 0 Å². The first-order valence-electron chi connectivity index (χ1n) is 6.24. The van der Waals surface area contributed by atoms with Crippen LogP contribution < -0.4 is 0 Å². The maximum absolute atomic E-state index is 6.27. The number of aryl methyl sites for hydroxylation is 1. The van der Waals surface area contributed by atoms with E-state index in [0.29, 0.717) is 0 Å². The highest BCUT2D eigenvalue weighted by molar-refractivity contribution is 9.10. The number of aromatic nitrogens is 3. The average molecular weight is 371 g/mol. The van der Waals surface area contributed by atoms with Crippen LogP contribution in [0.2, 0.25) is 0 Å². The van der Waals surface area contributed by atoms with Gasteiger partial charge in [0.05, 0.1) is 11.9 Å². The molecule has 0 saturated carbocycles. The molecule has 0 spiro atoms. The van der Waals surface area contributed by atoms with Crippen LogP contribution in [0.25, 0.3) is 11.2 Å². The Hall–Kier alpha value is -0.910. The molecular formula is C14H13BrClN3S. The van der Waals surface area contributed by atoms with Crippen molar-refractivity contribution in [2.45, 2.75) is 25.8 Å². The van der Waals surface area contributed by atoms with Gasteiger partial charge in [0, 0.05) is 20.9 Å². The number of imidazole rings is 1. The molecule has 20 heavy (non-hydrogen) atoms. The van der Waals surface area contributed by atoms with Crippen molar-refractivity contribution < 1.29 is 0 Å². The molecule has 0 N–H and O–H groups in total. The third kappa shape index (κ3) is 2.62. The smallest absolute Gasteiger partial charge is 0.160 e. The van der Waals surface area contributed by atoms with Crippen LogP contribution >= 0.6 is 38.9 Å². The monoisotopic (exact) mass is 369 g/mol. The van der Waals surface area contributed by atoms with E-state index in [9.17, 15) is 0 Å². The number of rotatable bonds is 3. The largest absolute Gasteiger partial charge is 0.306 e. The minimum Gasteiger partial charge on any atom is -0.306 e. The molecule has 3 heterocycles. The van der Waals surface area contributed by atoms with Crippen LogP contribution in [0.4, 0.5) is 0 Å². The van der Waals surface area contributed by atoms with Crippen molar-refractivity contribution in [1.29, 1.82) is 0 Å². The molecule has 0 saturated heterocycles. The number of fused-ring (bicyclic) bond motifs is 1. The molecule has 0 fully saturated rings. The fourth-order valence-corrected chi connectivity index (χ4v) is 3.79. The average Bonchev–Trinajstić information content (AvgIpc) is 2.94. The Morgan fingerprint density at radius 1 is 1.45 bits per heavy atom. The van der Waals surface area contributed by atoms with E-state index in [-0.39, 0.29) is 5.38 Å². The second kappa shape index (κ2) is 5.47. The maximum Gasteiger partial charge on any atom is 0.160 e. The van der Waals surface area contributed by atoms with Crippen molar-refractivity contribution in [2.24, 2.45) is 0 Å². The van der Waals surface area contributed by atoms with Gasteiger partial charge in [0.2, 0.25) is 0 Å². The summed E-state index contributed by atoms with van der Waals surface area (Å²) in [6, 6.07) is 4.17. The zero-order valence-corrected chi connectivity index (χ0v) is 14.3. The van der Waals surface area contributed by atoms with Gasteiger partial charge in [0.15, 0.2) is 5.65 Å². The molecule has 104 valence electrons. The van der Waals surface area contributed by atoms with Crippen LogP contribution in [0.15, 0.2) is 28.2 Å². The predicted molar refractivity (Wildman–Crippen MR) is 87.7 cm³/mol. The number of thiophene rings is 1. The van der Waals surface area contributed by atoms with E-state index in [1.807, 2.05) is 26.1 Å². The van der Waals surface area contributed by atoms with Gasteiger partial charge in [-0.25, -0.2) is 9.97 Å². The molecule has 6 heteroatoms. The van der Waals surface area contributed by atoms with Crippen LogP contribution in [0.5, 0.6) is 0 Å². The van der Waals surface area contributed by atoms with E-state index in [4.69, 9.17) is 11.6 Å². The summed E-state index contributed by atoms with van der Waals surface area (Å²) < 4.78 is 3.20. The lowest BCUT2D eigenvalue weighted by molar-refractivity contribution is 0.744. The minimum atomic E-state index is -0.145. The number of halogens is 2. The van der Waals surface area contributed by atoms with Gasteiger partial charge in [-0.1, -0.05) is 0 Å². The van der Waals surface area contributed by atoms with Crippen LogP contribution in [0.3, 0.4) is 0 Å². The van der Waals surface area contributed by atoms with Gasteiger partial charge in [-0.15, -0.1) is 22.9 Å². The molecule has 1 unspecified atom stereocenters. The Labute approximate surface area is 134 Å². The first kappa shape index (κ1) is 14.0. The summed E-state index contributed by atoms with van der Waals surface area (Å²) in [5, 5.41) is 1.93. The van der Waals surface area contributed by atoms with Gasteiger partial charge in [0.25, 0.3) is 0 Å². The SMILES string of the molecule is Cc1cnc2c(c1)nc(C(C)Cl)n2Cc1cc(Br)cs1. The van der Waals surface area contributed by atoms with Gasteiger partial charge < -0.3 is 4.57 Å². The Kier molecular flexibility index (Phi) is 3.84. The summed E-state index contributed by atoms with van der Waals surface area (Å²) in [6.45, 7) is 4.71. The van der Waals surface area contributed by atoms with E-state index < -0.39 is 0 Å². The summed E-state index contributed by atoms with van der Waals surface area (Å²) >= 11 is 11.5. The van der Waals surface area contributed by atoms with Crippen molar-refractivity contribution in [3.63, 3.8) is 0 Å². The first-order valence-corrected chi connectivity index (χ1v) is 8.35. The Balaban J connectivity index is 2.13. The second-order valence-electron chi connectivity index (χ2n) is 4.76. The summed E-state index contributed by atoms with van der Waals surface area (Å²) in [6.07, 6.45) is 1.87. The molecule has 0 aliphatic rings. The molecule has 0 bridgehead atoms. The molecule has 3 aromatic rings. The molecule has 1 atom stereocenters. The van der Waals surface area contributed by atoms with Crippen molar-refractivity contribution >= 4 is 50.0 Å². The fraction of sp³-hybridized carbons (Fsp3) is 0.286. The number of nitrogens with zero attached hydrogens (tertiary/aromatic N) is 3. The number of hydrogen-bond donors (Lipinski definition) is 0. The van der Waals surface area contributed by atoms with Crippen LogP contribution in [0, 0.1) is 6.92 Å². The maximum atomic E-state index is 6.27. The quantitative estimate of drug-likeness (QED) is 0.613. The highest BCUT2D eigenvalue weighted by atomic mass is 79.9. The van der Waals surface area contributed by atoms with Gasteiger partial charge in [-0.05, 0) is 47.5 Å². The Bertz CT molecular complexity index is 763. The molecular weight excluding hydrogens is 358 g/mol. The van der Waals surface area contributed by atoms with Gasteiger partial charge in [-0.2, -0.15) is 0 Å². The van der Waals surface area contributed by atoms with Crippen molar-refractivity contribution in [1.82, 2.24) is 14.5 Å². The molecule has 3 nitrogen and oxygen atoms in total. The summed E-state index contributed by atoms with van der Waals surface area (Å²) in [5.41, 5.74) is 2.90. The van der Waals surface area contributed by atoms with E-state index in [0.717, 1.165) is 33.6 Å². The lowest BCUT2D eigenvalue weighted by Crippen LogP contribution is -2.05. The molecule has 0 aliphatic carbocycles. The molecule has 0 aromatic carbocycles. The first-order chi connectivity index (χ1) is 9.54. The lowest BCUT2D eigenvalue weighted by Gasteiger charge is -2.08. The van der Waals surface area contributed by atoms with Crippen LogP contribution in [-0.4, -0.2) is 14.5 Å².